The van der Waals surface area contributed by atoms with Gasteiger partial charge in [0, 0.05) is 35.0 Å². The van der Waals surface area contributed by atoms with Gasteiger partial charge < -0.3 is 10.5 Å². The number of methoxy groups -OCH3 is 1. The van der Waals surface area contributed by atoms with Crippen LogP contribution >= 0.6 is 23.2 Å². The molecule has 0 saturated heterocycles. The van der Waals surface area contributed by atoms with E-state index in [2.05, 4.69) is 0 Å². The van der Waals surface area contributed by atoms with E-state index < -0.39 is 20.5 Å². The van der Waals surface area contributed by atoms with Crippen molar-refractivity contribution >= 4 is 33.0 Å². The van der Waals surface area contributed by atoms with Gasteiger partial charge in [0.1, 0.15) is 0 Å². The fourth-order valence-electron chi connectivity index (χ4n) is 3.63. The van der Waals surface area contributed by atoms with Crippen LogP contribution in [-0.2, 0) is 14.6 Å². The Morgan fingerprint density at radius 3 is 2.04 bits per heavy atom. The lowest BCUT2D eigenvalue weighted by atomic mass is 10.0. The van der Waals surface area contributed by atoms with Crippen LogP contribution in [0.25, 0.3) is 0 Å². The lowest BCUT2D eigenvalue weighted by molar-refractivity contribution is 0.142. The highest BCUT2D eigenvalue weighted by Gasteiger charge is 2.70. The van der Waals surface area contributed by atoms with E-state index in [4.69, 9.17) is 33.7 Å². The van der Waals surface area contributed by atoms with Crippen LogP contribution in [0.4, 0.5) is 0 Å². The Bertz CT molecular complexity index is 853. The van der Waals surface area contributed by atoms with Gasteiger partial charge in [0.05, 0.1) is 16.8 Å². The number of hydrogen-bond acceptors (Lipinski definition) is 4. The molecule has 0 amide bonds. The molecule has 25 heavy (non-hydrogen) atoms. The van der Waals surface area contributed by atoms with E-state index in [9.17, 15) is 8.42 Å². The van der Waals surface area contributed by atoms with E-state index in [0.29, 0.717) is 10.0 Å². The normalized spacial score (nSPS) is 25.8. The van der Waals surface area contributed by atoms with Crippen LogP contribution in [0.3, 0.4) is 0 Å². The van der Waals surface area contributed by atoms with Gasteiger partial charge in [0.15, 0.2) is 9.84 Å². The van der Waals surface area contributed by atoms with Crippen LogP contribution in [0.5, 0.6) is 0 Å². The highest BCUT2D eigenvalue weighted by Crippen LogP contribution is 2.63. The first-order chi connectivity index (χ1) is 11.9. The Balaban J connectivity index is 2.05. The second kappa shape index (κ2) is 6.89. The van der Waals surface area contributed by atoms with Crippen LogP contribution in [0.2, 0.25) is 10.0 Å². The molecule has 3 atom stereocenters. The molecule has 0 bridgehead atoms. The monoisotopic (exact) mass is 399 g/mol. The SMILES string of the molecule is COC[C@]1(CN)[C@@H](c2ccc(Cl)cc2)[C@@H]1S(=O)(=O)c1ccc(Cl)cc1. The zero-order valence-corrected chi connectivity index (χ0v) is 16.0. The van der Waals surface area contributed by atoms with Crippen LogP contribution < -0.4 is 5.73 Å². The van der Waals surface area contributed by atoms with Gasteiger partial charge in [-0.1, -0.05) is 35.3 Å². The predicted octanol–water partition coefficient (Wildman–Crippen LogP) is 3.52. The highest BCUT2D eigenvalue weighted by molar-refractivity contribution is 7.92. The summed E-state index contributed by atoms with van der Waals surface area (Å²) in [6.45, 7) is 0.486. The van der Waals surface area contributed by atoms with E-state index >= 15 is 0 Å². The number of hydrogen-bond donors (Lipinski definition) is 1. The third kappa shape index (κ3) is 3.20. The molecule has 1 aliphatic rings. The average molecular weight is 400 g/mol. The van der Waals surface area contributed by atoms with Crippen molar-refractivity contribution in [2.24, 2.45) is 11.1 Å². The van der Waals surface area contributed by atoms with Gasteiger partial charge in [-0.05, 0) is 42.0 Å². The van der Waals surface area contributed by atoms with Crippen LogP contribution in [0, 0.1) is 5.41 Å². The van der Waals surface area contributed by atoms with E-state index in [1.807, 2.05) is 12.1 Å². The summed E-state index contributed by atoms with van der Waals surface area (Å²) in [5.41, 5.74) is 6.26. The maximum Gasteiger partial charge on any atom is 0.182 e. The largest absolute Gasteiger partial charge is 0.384 e. The molecule has 0 aromatic heterocycles. The predicted molar refractivity (Wildman–Crippen MR) is 100.0 cm³/mol. The zero-order valence-electron chi connectivity index (χ0n) is 13.7. The van der Waals surface area contributed by atoms with E-state index in [0.717, 1.165) is 5.56 Å². The van der Waals surface area contributed by atoms with Gasteiger partial charge in [-0.25, -0.2) is 8.42 Å². The summed E-state index contributed by atoms with van der Waals surface area (Å²) < 4.78 is 31.8. The molecule has 3 rings (SSSR count). The number of rotatable bonds is 6. The summed E-state index contributed by atoms with van der Waals surface area (Å²) in [6, 6.07) is 13.4. The molecule has 134 valence electrons. The molecular formula is C18H19Cl2NO3S. The van der Waals surface area contributed by atoms with Gasteiger partial charge in [-0.15, -0.1) is 0 Å². The maximum atomic E-state index is 13.2. The number of nitrogens with two attached hydrogens (primary N) is 1. The van der Waals surface area contributed by atoms with Crippen molar-refractivity contribution in [2.75, 3.05) is 20.3 Å². The molecule has 1 fully saturated rings. The standard InChI is InChI=1S/C18H19Cl2NO3S/c1-24-11-18(10-21)16(12-2-4-13(19)5-3-12)17(18)25(22,23)15-8-6-14(20)7-9-15/h2-9,16-17H,10-11,21H2,1H3/t16-,17-,18+/m0/s1. The Morgan fingerprint density at radius 2 is 1.56 bits per heavy atom. The van der Waals surface area contributed by atoms with Crippen molar-refractivity contribution in [3.8, 4) is 0 Å². The number of halogens is 2. The van der Waals surface area contributed by atoms with Crippen molar-refractivity contribution in [2.45, 2.75) is 16.1 Å². The van der Waals surface area contributed by atoms with E-state index in [-0.39, 0.29) is 24.0 Å². The second-order valence-electron chi connectivity index (χ2n) is 6.32. The van der Waals surface area contributed by atoms with Gasteiger partial charge in [-0.3, -0.25) is 0 Å². The van der Waals surface area contributed by atoms with Crippen LogP contribution in [0.15, 0.2) is 53.4 Å². The molecule has 4 nitrogen and oxygen atoms in total. The Labute approximate surface area is 157 Å². The first kappa shape index (κ1) is 18.7. The van der Waals surface area contributed by atoms with E-state index in [1.165, 1.54) is 12.1 Å². The number of ether oxygens (including phenoxy) is 1. The van der Waals surface area contributed by atoms with Gasteiger partial charge in [-0.2, -0.15) is 0 Å². The number of benzene rings is 2. The van der Waals surface area contributed by atoms with Crippen molar-refractivity contribution in [3.63, 3.8) is 0 Å². The molecule has 0 spiro atoms. The minimum Gasteiger partial charge on any atom is -0.384 e. The van der Waals surface area contributed by atoms with Crippen molar-refractivity contribution in [1.82, 2.24) is 0 Å². The summed E-state index contributed by atoms with van der Waals surface area (Å²) in [5, 5.41) is 0.449. The molecule has 7 heteroatoms. The Hall–Kier alpha value is -1.11. The summed E-state index contributed by atoms with van der Waals surface area (Å²) in [4.78, 5) is 0.243. The molecule has 0 unspecified atom stereocenters. The fraction of sp³-hybridized carbons (Fsp3) is 0.333. The number of sulfone groups is 1. The average Bonchev–Trinajstić information content (AvgIpc) is 3.26. The Morgan fingerprint density at radius 1 is 1.04 bits per heavy atom. The van der Waals surface area contributed by atoms with Crippen molar-refractivity contribution in [3.05, 3.63) is 64.1 Å². The summed E-state index contributed by atoms with van der Waals surface area (Å²) in [7, 11) is -2.03. The molecule has 2 aromatic rings. The van der Waals surface area contributed by atoms with Crippen LogP contribution in [-0.4, -0.2) is 33.9 Å². The smallest absolute Gasteiger partial charge is 0.182 e. The third-order valence-corrected chi connectivity index (χ3v) is 7.72. The molecule has 1 aliphatic carbocycles. The molecule has 1 saturated carbocycles. The zero-order chi connectivity index (χ0) is 18.2. The van der Waals surface area contributed by atoms with Gasteiger partial charge in [0.25, 0.3) is 0 Å². The van der Waals surface area contributed by atoms with E-state index in [1.54, 1.807) is 31.4 Å². The first-order valence-corrected chi connectivity index (χ1v) is 10.1. The maximum absolute atomic E-state index is 13.2. The molecule has 0 heterocycles. The minimum atomic E-state index is -3.58. The van der Waals surface area contributed by atoms with Crippen LogP contribution in [0.1, 0.15) is 11.5 Å². The Kier molecular flexibility index (Phi) is 5.15. The van der Waals surface area contributed by atoms with Gasteiger partial charge >= 0.3 is 0 Å². The summed E-state index contributed by atoms with van der Waals surface area (Å²) in [5.74, 6) is -0.240. The molecule has 2 N–H and O–H groups in total. The topological polar surface area (TPSA) is 69.4 Å². The summed E-state index contributed by atoms with van der Waals surface area (Å²) >= 11 is 11.8. The first-order valence-electron chi connectivity index (χ1n) is 7.81. The highest BCUT2D eigenvalue weighted by atomic mass is 35.5. The quantitative estimate of drug-likeness (QED) is 0.806. The molecule has 2 aromatic carbocycles. The molecular weight excluding hydrogens is 381 g/mol. The molecule has 0 radical (unpaired) electrons. The lowest BCUT2D eigenvalue weighted by Gasteiger charge is -2.15. The minimum absolute atomic E-state index is 0.214. The van der Waals surface area contributed by atoms with Gasteiger partial charge in [0.2, 0.25) is 0 Å². The summed E-state index contributed by atoms with van der Waals surface area (Å²) in [6.07, 6.45) is 0. The second-order valence-corrected chi connectivity index (χ2v) is 9.26. The fourth-order valence-corrected chi connectivity index (χ4v) is 6.33. The lowest BCUT2D eigenvalue weighted by Crippen LogP contribution is -2.28. The van der Waals surface area contributed by atoms with Crippen molar-refractivity contribution in [1.29, 1.82) is 0 Å². The van der Waals surface area contributed by atoms with Crippen molar-refractivity contribution < 1.29 is 13.2 Å². The third-order valence-electron chi connectivity index (χ3n) is 4.88. The molecule has 0 aliphatic heterocycles.